The minimum atomic E-state index is -4.33. The molecule has 1 aromatic heterocycles. The third-order valence-corrected chi connectivity index (χ3v) is 2.57. The molecule has 0 spiro atoms. The lowest BCUT2D eigenvalue weighted by Crippen LogP contribution is -2.12. The first-order valence-electron chi connectivity index (χ1n) is 5.21. The molecule has 0 atom stereocenters. The zero-order chi connectivity index (χ0) is 14.0. The number of alkyl halides is 3. The minimum Gasteiger partial charge on any atom is -0.387 e. The Morgan fingerprint density at radius 3 is 2.37 bits per heavy atom. The zero-order valence-corrected chi connectivity index (χ0v) is 10.4. The van der Waals surface area contributed by atoms with Crippen molar-refractivity contribution in [3.8, 4) is 0 Å². The van der Waals surface area contributed by atoms with Crippen LogP contribution in [0, 0.1) is 0 Å². The first-order valence-corrected chi connectivity index (χ1v) is 5.62. The zero-order valence-electron chi connectivity index (χ0n) is 9.55. The topological polar surface area (TPSA) is 56.7 Å². The van der Waals surface area contributed by atoms with E-state index in [1.165, 1.54) is 23.1 Å². The average molecular weight is 286 g/mol. The number of rotatable bonds is 3. The van der Waals surface area contributed by atoms with E-state index in [4.69, 9.17) is 18.0 Å². The fraction of sp³-hybridized carbons (Fsp3) is 0.182. The number of benzene rings is 1. The second-order valence-corrected chi connectivity index (χ2v) is 4.26. The summed E-state index contributed by atoms with van der Waals surface area (Å²) in [4.78, 5) is 3.95. The van der Waals surface area contributed by atoms with Crippen molar-refractivity contribution in [3.63, 3.8) is 0 Å². The summed E-state index contributed by atoms with van der Waals surface area (Å²) >= 11 is 4.71. The number of hydrogen-bond acceptors (Lipinski definition) is 3. The van der Waals surface area contributed by atoms with Gasteiger partial charge in [-0.15, -0.1) is 5.10 Å². The Balaban J connectivity index is 2.13. The van der Waals surface area contributed by atoms with Gasteiger partial charge < -0.3 is 5.73 Å². The van der Waals surface area contributed by atoms with Crippen LogP contribution >= 0.6 is 12.2 Å². The number of hydrogen-bond donors (Lipinski definition) is 1. The van der Waals surface area contributed by atoms with Gasteiger partial charge in [0.25, 0.3) is 0 Å². The van der Waals surface area contributed by atoms with Crippen molar-refractivity contribution in [2.45, 2.75) is 12.7 Å². The number of nitrogens with two attached hydrogens (primary N) is 1. The summed E-state index contributed by atoms with van der Waals surface area (Å²) in [5, 5.41) is 3.99. The largest absolute Gasteiger partial charge is 0.416 e. The lowest BCUT2D eigenvalue weighted by atomic mass is 10.1. The summed E-state index contributed by atoms with van der Waals surface area (Å²) < 4.78 is 38.6. The summed E-state index contributed by atoms with van der Waals surface area (Å²) in [5.41, 5.74) is 5.35. The highest BCUT2D eigenvalue weighted by atomic mass is 32.1. The predicted octanol–water partition coefficient (Wildman–Crippen LogP) is 1.98. The molecule has 0 aliphatic carbocycles. The second kappa shape index (κ2) is 4.96. The van der Waals surface area contributed by atoms with E-state index in [0.29, 0.717) is 12.1 Å². The van der Waals surface area contributed by atoms with Gasteiger partial charge in [-0.05, 0) is 17.7 Å². The molecule has 0 aliphatic rings. The van der Waals surface area contributed by atoms with Crippen LogP contribution in [0.25, 0.3) is 0 Å². The molecule has 0 amide bonds. The van der Waals surface area contributed by atoms with Gasteiger partial charge in [-0.25, -0.2) is 9.67 Å². The molecule has 0 saturated heterocycles. The van der Waals surface area contributed by atoms with E-state index in [1.807, 2.05) is 0 Å². The lowest BCUT2D eigenvalue weighted by Gasteiger charge is -2.07. The van der Waals surface area contributed by atoms with Gasteiger partial charge in [0.05, 0.1) is 12.1 Å². The number of nitrogens with zero attached hydrogens (tertiary/aromatic N) is 3. The van der Waals surface area contributed by atoms with Crippen LogP contribution in [0.4, 0.5) is 13.2 Å². The molecule has 0 bridgehead atoms. The molecule has 4 nitrogen and oxygen atoms in total. The second-order valence-electron chi connectivity index (χ2n) is 3.82. The molecule has 2 aromatic rings. The standard InChI is InChI=1S/C11H9F3N4S/c12-11(13,14)8-3-1-7(2-4-8)5-18-6-16-10(17-18)9(15)19/h1-4,6H,5H2,(H2,15,19). The van der Waals surface area contributed by atoms with Crippen molar-refractivity contribution in [1.29, 1.82) is 0 Å². The van der Waals surface area contributed by atoms with Crippen LogP contribution in [0.1, 0.15) is 17.0 Å². The predicted molar refractivity (Wildman–Crippen MR) is 66.5 cm³/mol. The van der Waals surface area contributed by atoms with Crippen LogP contribution in [0.2, 0.25) is 0 Å². The highest BCUT2D eigenvalue weighted by Crippen LogP contribution is 2.29. The SMILES string of the molecule is NC(=S)c1ncn(Cc2ccc(C(F)(F)F)cc2)n1. The van der Waals surface area contributed by atoms with Gasteiger partial charge in [-0.2, -0.15) is 13.2 Å². The molecule has 0 fully saturated rings. The van der Waals surface area contributed by atoms with Crippen LogP contribution in [0.5, 0.6) is 0 Å². The molecule has 0 unspecified atom stereocenters. The maximum absolute atomic E-state index is 12.4. The van der Waals surface area contributed by atoms with Crippen molar-refractivity contribution >= 4 is 17.2 Å². The van der Waals surface area contributed by atoms with Crippen LogP contribution in [0.15, 0.2) is 30.6 Å². The van der Waals surface area contributed by atoms with E-state index in [1.54, 1.807) is 0 Å². The molecule has 0 saturated carbocycles. The molecule has 19 heavy (non-hydrogen) atoms. The fourth-order valence-electron chi connectivity index (χ4n) is 1.47. The normalized spacial score (nSPS) is 11.5. The smallest absolute Gasteiger partial charge is 0.387 e. The van der Waals surface area contributed by atoms with Crippen LogP contribution in [-0.2, 0) is 12.7 Å². The van der Waals surface area contributed by atoms with Gasteiger partial charge in [0, 0.05) is 0 Å². The summed E-state index contributed by atoms with van der Waals surface area (Å²) in [6.45, 7) is 0.299. The molecule has 100 valence electrons. The van der Waals surface area contributed by atoms with Crippen molar-refractivity contribution < 1.29 is 13.2 Å². The van der Waals surface area contributed by atoms with E-state index < -0.39 is 11.7 Å². The van der Waals surface area contributed by atoms with Crippen LogP contribution in [-0.4, -0.2) is 19.8 Å². The van der Waals surface area contributed by atoms with Crippen molar-refractivity contribution in [3.05, 3.63) is 47.5 Å². The Bertz CT molecular complexity index is 589. The Morgan fingerprint density at radius 1 is 1.26 bits per heavy atom. The summed E-state index contributed by atoms with van der Waals surface area (Å²) in [6.07, 6.45) is -2.91. The molecular formula is C11H9F3N4S. The van der Waals surface area contributed by atoms with Gasteiger partial charge in [0.15, 0.2) is 0 Å². The maximum Gasteiger partial charge on any atom is 0.416 e. The van der Waals surface area contributed by atoms with Gasteiger partial charge >= 0.3 is 6.18 Å². The quantitative estimate of drug-likeness (QED) is 0.877. The summed E-state index contributed by atoms with van der Waals surface area (Å²) in [6, 6.07) is 4.84. The third-order valence-electron chi connectivity index (χ3n) is 2.38. The van der Waals surface area contributed by atoms with Gasteiger partial charge in [-0.3, -0.25) is 0 Å². The monoisotopic (exact) mass is 286 g/mol. The van der Waals surface area contributed by atoms with Crippen LogP contribution in [0.3, 0.4) is 0 Å². The highest BCUT2D eigenvalue weighted by Gasteiger charge is 2.29. The van der Waals surface area contributed by atoms with E-state index in [9.17, 15) is 13.2 Å². The first-order chi connectivity index (χ1) is 8.86. The molecule has 8 heteroatoms. The number of aromatic nitrogens is 3. The molecule has 2 N–H and O–H groups in total. The van der Waals surface area contributed by atoms with Gasteiger partial charge in [0.2, 0.25) is 5.82 Å². The molecule has 2 rings (SSSR count). The molecule has 1 heterocycles. The van der Waals surface area contributed by atoms with E-state index >= 15 is 0 Å². The molecule has 0 radical (unpaired) electrons. The van der Waals surface area contributed by atoms with Crippen molar-refractivity contribution in [1.82, 2.24) is 14.8 Å². The van der Waals surface area contributed by atoms with E-state index in [-0.39, 0.29) is 10.8 Å². The first kappa shape index (κ1) is 13.5. The Labute approximate surface area is 112 Å². The Hall–Kier alpha value is -1.96. The maximum atomic E-state index is 12.4. The summed E-state index contributed by atoms with van der Waals surface area (Å²) in [5.74, 6) is 0.238. The Kier molecular flexibility index (Phi) is 3.52. The van der Waals surface area contributed by atoms with E-state index in [0.717, 1.165) is 12.1 Å². The third kappa shape index (κ3) is 3.28. The molecule has 1 aromatic carbocycles. The molecule has 0 aliphatic heterocycles. The Morgan fingerprint density at radius 2 is 1.89 bits per heavy atom. The minimum absolute atomic E-state index is 0.0752. The highest BCUT2D eigenvalue weighted by molar-refractivity contribution is 7.80. The van der Waals surface area contributed by atoms with Gasteiger partial charge in [0.1, 0.15) is 11.3 Å². The van der Waals surface area contributed by atoms with Crippen LogP contribution < -0.4 is 5.73 Å². The van der Waals surface area contributed by atoms with E-state index in [2.05, 4.69) is 10.1 Å². The van der Waals surface area contributed by atoms with Gasteiger partial charge in [-0.1, -0.05) is 24.4 Å². The number of thiocarbonyl (C=S) groups is 1. The summed E-state index contributed by atoms with van der Waals surface area (Å²) in [7, 11) is 0. The number of halogens is 3. The van der Waals surface area contributed by atoms with Crippen molar-refractivity contribution in [2.24, 2.45) is 5.73 Å². The lowest BCUT2D eigenvalue weighted by molar-refractivity contribution is -0.137. The average Bonchev–Trinajstić information content (AvgIpc) is 2.77. The molecular weight excluding hydrogens is 277 g/mol. The fourth-order valence-corrected chi connectivity index (χ4v) is 1.56. The van der Waals surface area contributed by atoms with Crippen molar-refractivity contribution in [2.75, 3.05) is 0 Å².